The van der Waals surface area contributed by atoms with Crippen molar-refractivity contribution < 1.29 is 18.0 Å². The van der Waals surface area contributed by atoms with Gasteiger partial charge in [-0.3, -0.25) is 9.59 Å². The van der Waals surface area contributed by atoms with Gasteiger partial charge in [-0.05, 0) is 36.6 Å². The summed E-state index contributed by atoms with van der Waals surface area (Å²) < 4.78 is 25.9. The molecule has 0 saturated heterocycles. The van der Waals surface area contributed by atoms with Gasteiger partial charge in [-0.15, -0.1) is 11.3 Å². The van der Waals surface area contributed by atoms with Crippen molar-refractivity contribution in [2.45, 2.75) is 23.8 Å². The van der Waals surface area contributed by atoms with Crippen LogP contribution in [0.5, 0.6) is 0 Å². The Morgan fingerprint density at radius 2 is 1.83 bits per heavy atom. The Hall–Kier alpha value is -2.18. The lowest BCUT2D eigenvalue weighted by atomic mass is 10.1. The highest BCUT2D eigenvalue weighted by atomic mass is 32.2. The highest BCUT2D eigenvalue weighted by Gasteiger charge is 2.24. The molecule has 0 radical (unpaired) electrons. The van der Waals surface area contributed by atoms with Crippen molar-refractivity contribution in [1.82, 2.24) is 14.6 Å². The van der Waals surface area contributed by atoms with E-state index >= 15 is 0 Å². The fraction of sp³-hybridized carbons (Fsp3) is 0.292. The standard InChI is InChI=1S/C24H27N3O4S3.H2S/c1-27(2)34(30,31)19-11-7-10-18(14-19)24(29)26-20(12-13-32-3)22(28)15-23-25-21(16-33-23)17-8-5-4-6-9-17;/h4-11,14,16,20H,12-13,15H2,1-3H3,(H,26,29);1H2/t20-;/m0./s1. The van der Waals surface area contributed by atoms with E-state index in [-0.39, 0.29) is 36.2 Å². The Morgan fingerprint density at radius 1 is 1.11 bits per heavy atom. The summed E-state index contributed by atoms with van der Waals surface area (Å²) in [7, 11) is -0.814. The van der Waals surface area contributed by atoms with Crippen LogP contribution < -0.4 is 5.32 Å². The molecule has 0 saturated carbocycles. The summed E-state index contributed by atoms with van der Waals surface area (Å²) >= 11 is 3.00. The van der Waals surface area contributed by atoms with Crippen molar-refractivity contribution in [3.8, 4) is 11.3 Å². The van der Waals surface area contributed by atoms with Crippen molar-refractivity contribution in [1.29, 1.82) is 0 Å². The average Bonchev–Trinajstić information content (AvgIpc) is 3.30. The van der Waals surface area contributed by atoms with Crippen LogP contribution in [0.25, 0.3) is 11.3 Å². The number of rotatable bonds is 11. The van der Waals surface area contributed by atoms with E-state index in [1.807, 2.05) is 42.0 Å². The van der Waals surface area contributed by atoms with Crippen LogP contribution in [0, 0.1) is 0 Å². The lowest BCUT2D eigenvalue weighted by molar-refractivity contribution is -0.120. The molecular weight excluding hydrogens is 523 g/mol. The molecule has 0 unspecified atom stereocenters. The third-order valence-corrected chi connectivity index (χ3v) is 8.43. The Balaban J connectivity index is 0.00000432. The SMILES string of the molecule is CSCC[C@H](NC(=O)c1cccc(S(=O)(=O)N(C)C)c1)C(=O)Cc1nc(-c2ccccc2)cs1.S. The second kappa shape index (κ2) is 13.2. The molecule has 0 aliphatic rings. The van der Waals surface area contributed by atoms with Crippen molar-refractivity contribution in [2.24, 2.45) is 0 Å². The second-order valence-corrected chi connectivity index (χ2v) is 11.8. The van der Waals surface area contributed by atoms with Crippen LogP contribution in [-0.4, -0.2) is 61.5 Å². The zero-order valence-electron chi connectivity index (χ0n) is 19.7. The fourth-order valence-corrected chi connectivity index (χ4v) is 5.44. The Bertz CT molecular complexity index is 1240. The quantitative estimate of drug-likeness (QED) is 0.389. The molecule has 1 aromatic heterocycles. The predicted octanol–water partition coefficient (Wildman–Crippen LogP) is 3.84. The minimum Gasteiger partial charge on any atom is -0.342 e. The van der Waals surface area contributed by atoms with Gasteiger partial charge < -0.3 is 5.32 Å². The molecule has 1 amide bonds. The van der Waals surface area contributed by atoms with Crippen LogP contribution in [0.2, 0.25) is 0 Å². The third-order valence-electron chi connectivity index (χ3n) is 5.13. The molecule has 35 heavy (non-hydrogen) atoms. The molecule has 0 aliphatic carbocycles. The molecule has 0 fully saturated rings. The first kappa shape index (κ1) is 29.1. The number of sulfonamides is 1. The average molecular weight is 552 g/mol. The van der Waals surface area contributed by atoms with Gasteiger partial charge in [-0.25, -0.2) is 17.7 Å². The number of carbonyl (C=O) groups excluding carboxylic acids is 2. The van der Waals surface area contributed by atoms with Gasteiger partial charge in [-0.2, -0.15) is 25.3 Å². The van der Waals surface area contributed by atoms with E-state index < -0.39 is 22.0 Å². The van der Waals surface area contributed by atoms with Gasteiger partial charge in [0.05, 0.1) is 23.1 Å². The third kappa shape index (κ3) is 7.65. The molecule has 0 spiro atoms. The number of aromatic nitrogens is 1. The molecule has 11 heteroatoms. The van der Waals surface area contributed by atoms with E-state index in [9.17, 15) is 18.0 Å². The minimum absolute atomic E-state index is 0. The summed E-state index contributed by atoms with van der Waals surface area (Å²) in [6.07, 6.45) is 2.52. The fourth-order valence-electron chi connectivity index (χ4n) is 3.21. The van der Waals surface area contributed by atoms with Gasteiger partial charge >= 0.3 is 0 Å². The maximum atomic E-state index is 13.1. The molecule has 0 aliphatic heterocycles. The van der Waals surface area contributed by atoms with Crippen LogP contribution in [0.4, 0.5) is 0 Å². The number of amides is 1. The first-order valence-electron chi connectivity index (χ1n) is 10.6. The molecule has 2 aromatic carbocycles. The van der Waals surface area contributed by atoms with Gasteiger partial charge in [0.15, 0.2) is 5.78 Å². The van der Waals surface area contributed by atoms with E-state index in [4.69, 9.17) is 0 Å². The maximum absolute atomic E-state index is 13.1. The van der Waals surface area contributed by atoms with Crippen LogP contribution in [0.3, 0.4) is 0 Å². The summed E-state index contributed by atoms with van der Waals surface area (Å²) in [5, 5.41) is 5.41. The van der Waals surface area contributed by atoms with Gasteiger partial charge in [0, 0.05) is 30.6 Å². The first-order chi connectivity index (χ1) is 16.2. The number of benzene rings is 2. The van der Waals surface area contributed by atoms with Crippen molar-refractivity contribution in [3.63, 3.8) is 0 Å². The summed E-state index contributed by atoms with van der Waals surface area (Å²) in [5.41, 5.74) is 1.99. The number of hydrogen-bond acceptors (Lipinski definition) is 7. The first-order valence-corrected chi connectivity index (χ1v) is 14.3. The lowest BCUT2D eigenvalue weighted by Crippen LogP contribution is -2.42. The maximum Gasteiger partial charge on any atom is 0.251 e. The van der Waals surface area contributed by atoms with E-state index in [0.29, 0.717) is 17.2 Å². The summed E-state index contributed by atoms with van der Waals surface area (Å²) in [6.45, 7) is 0. The topological polar surface area (TPSA) is 96.4 Å². The molecule has 7 nitrogen and oxygen atoms in total. The van der Waals surface area contributed by atoms with Crippen molar-refractivity contribution in [3.05, 3.63) is 70.5 Å². The van der Waals surface area contributed by atoms with E-state index in [0.717, 1.165) is 15.6 Å². The molecule has 3 rings (SSSR count). The van der Waals surface area contributed by atoms with E-state index in [1.165, 1.54) is 49.7 Å². The van der Waals surface area contributed by atoms with Crippen molar-refractivity contribution in [2.75, 3.05) is 26.1 Å². The second-order valence-electron chi connectivity index (χ2n) is 7.76. The van der Waals surface area contributed by atoms with Crippen LogP contribution in [-0.2, 0) is 21.2 Å². The van der Waals surface area contributed by atoms with Gasteiger partial charge in [0.1, 0.15) is 5.01 Å². The van der Waals surface area contributed by atoms with Gasteiger partial charge in [0.25, 0.3) is 5.91 Å². The molecule has 3 aromatic rings. The number of nitrogens with one attached hydrogen (secondary N) is 1. The highest BCUT2D eigenvalue weighted by molar-refractivity contribution is 7.98. The van der Waals surface area contributed by atoms with Gasteiger partial charge in [-0.1, -0.05) is 36.4 Å². The Kier molecular flexibility index (Phi) is 11.0. The summed E-state index contributed by atoms with van der Waals surface area (Å²) in [4.78, 5) is 30.6. The number of thioether (sulfide) groups is 1. The lowest BCUT2D eigenvalue weighted by Gasteiger charge is -2.18. The number of thiazole rings is 1. The molecule has 1 N–H and O–H groups in total. The zero-order valence-corrected chi connectivity index (χ0v) is 23.2. The van der Waals surface area contributed by atoms with Crippen molar-refractivity contribution >= 4 is 58.3 Å². The van der Waals surface area contributed by atoms with Crippen LogP contribution in [0.1, 0.15) is 21.8 Å². The summed E-state index contributed by atoms with van der Waals surface area (Å²) in [6, 6.07) is 14.9. The predicted molar refractivity (Wildman–Crippen MR) is 148 cm³/mol. The highest BCUT2D eigenvalue weighted by Crippen LogP contribution is 2.22. The normalized spacial score (nSPS) is 12.1. The molecular formula is C24H29N3O4S4. The number of Topliss-reactive ketones (excluding diaryl/α,β-unsaturated/α-hetero) is 1. The van der Waals surface area contributed by atoms with Gasteiger partial charge in [0.2, 0.25) is 10.0 Å². The number of carbonyl (C=O) groups is 2. The minimum atomic E-state index is -3.68. The number of nitrogens with zero attached hydrogens (tertiary/aromatic N) is 2. The number of ketones is 1. The Morgan fingerprint density at radius 3 is 2.49 bits per heavy atom. The summed E-state index contributed by atoms with van der Waals surface area (Å²) in [5.74, 6) is 0.0755. The molecule has 1 heterocycles. The Labute approximate surface area is 221 Å². The molecule has 0 bridgehead atoms. The van der Waals surface area contributed by atoms with Crippen LogP contribution in [0.15, 0.2) is 64.9 Å². The van der Waals surface area contributed by atoms with E-state index in [1.54, 1.807) is 11.8 Å². The van der Waals surface area contributed by atoms with Crippen LogP contribution >= 0.6 is 36.6 Å². The largest absolute Gasteiger partial charge is 0.342 e. The smallest absolute Gasteiger partial charge is 0.251 e. The number of hydrogen-bond donors (Lipinski definition) is 1. The molecule has 1 atom stereocenters. The molecule has 188 valence electrons. The monoisotopic (exact) mass is 551 g/mol. The zero-order chi connectivity index (χ0) is 24.7. The van der Waals surface area contributed by atoms with E-state index in [2.05, 4.69) is 10.3 Å².